The van der Waals surface area contributed by atoms with Crippen LogP contribution in [-0.2, 0) is 4.79 Å². The van der Waals surface area contributed by atoms with E-state index in [2.05, 4.69) is 29.8 Å². The van der Waals surface area contributed by atoms with Crippen LogP contribution in [0.4, 0.5) is 5.69 Å². The molecule has 1 aliphatic rings. The van der Waals surface area contributed by atoms with Crippen LogP contribution in [0.1, 0.15) is 47.7 Å². The number of rotatable bonds is 5. The van der Waals surface area contributed by atoms with Crippen LogP contribution in [0.3, 0.4) is 0 Å². The Morgan fingerprint density at radius 2 is 1.85 bits per heavy atom. The van der Waals surface area contributed by atoms with Crippen LogP contribution in [0.2, 0.25) is 0 Å². The number of anilines is 1. The summed E-state index contributed by atoms with van der Waals surface area (Å²) < 4.78 is 12.2. The molecule has 7 heteroatoms. The summed E-state index contributed by atoms with van der Waals surface area (Å²) in [5.74, 6) is -1.14. The average molecular weight is 506 g/mol. The number of carbonyl (C=O) groups excluding carboxylic acids is 2. The van der Waals surface area contributed by atoms with Gasteiger partial charge in [0, 0.05) is 15.5 Å². The maximum absolute atomic E-state index is 13.5. The second-order valence-electron chi connectivity index (χ2n) is 8.22. The van der Waals surface area contributed by atoms with Crippen molar-refractivity contribution in [3.63, 3.8) is 0 Å². The zero-order valence-corrected chi connectivity index (χ0v) is 19.5. The molecule has 2 aromatic carbocycles. The van der Waals surface area contributed by atoms with Gasteiger partial charge < -0.3 is 13.9 Å². The zero-order chi connectivity index (χ0) is 23.3. The van der Waals surface area contributed by atoms with Crippen molar-refractivity contribution in [1.82, 2.24) is 0 Å². The van der Waals surface area contributed by atoms with Crippen LogP contribution >= 0.6 is 15.9 Å². The molecule has 6 nitrogen and oxygen atoms in total. The molecule has 0 saturated heterocycles. The van der Waals surface area contributed by atoms with E-state index in [4.69, 9.17) is 8.83 Å². The van der Waals surface area contributed by atoms with E-state index in [-0.39, 0.29) is 11.3 Å². The van der Waals surface area contributed by atoms with Crippen molar-refractivity contribution < 1.29 is 23.5 Å². The van der Waals surface area contributed by atoms with Crippen molar-refractivity contribution in [3.05, 3.63) is 99.8 Å². The molecule has 1 N–H and O–H groups in total. The maximum atomic E-state index is 13.5. The minimum absolute atomic E-state index is 0.0333. The first kappa shape index (κ1) is 21.3. The third-order valence-corrected chi connectivity index (χ3v) is 6.30. The smallest absolute Gasteiger partial charge is 0.294 e. The van der Waals surface area contributed by atoms with Crippen molar-refractivity contribution in [2.24, 2.45) is 0 Å². The first-order valence-corrected chi connectivity index (χ1v) is 11.3. The van der Waals surface area contributed by atoms with Gasteiger partial charge in [0.1, 0.15) is 17.4 Å². The molecule has 0 fully saturated rings. The number of halogens is 1. The number of hydrogen-bond acceptors (Lipinski definition) is 5. The Bertz CT molecular complexity index is 1400. The Hall–Kier alpha value is -3.58. The van der Waals surface area contributed by atoms with Gasteiger partial charge in [0.05, 0.1) is 11.8 Å². The lowest BCUT2D eigenvalue weighted by molar-refractivity contribution is -0.117. The minimum atomic E-state index is -0.926. The molecular weight excluding hydrogens is 486 g/mol. The van der Waals surface area contributed by atoms with E-state index in [0.717, 1.165) is 15.4 Å². The molecule has 1 unspecified atom stereocenters. The van der Waals surface area contributed by atoms with E-state index in [1.54, 1.807) is 24.3 Å². The number of benzene rings is 2. The summed E-state index contributed by atoms with van der Waals surface area (Å²) in [5.41, 5.74) is 2.11. The van der Waals surface area contributed by atoms with Gasteiger partial charge in [0.2, 0.25) is 5.78 Å². The summed E-state index contributed by atoms with van der Waals surface area (Å²) in [4.78, 5) is 28.1. The molecule has 166 valence electrons. The quantitative estimate of drug-likeness (QED) is 0.305. The minimum Gasteiger partial charge on any atom is -0.503 e. The molecule has 0 aliphatic carbocycles. The second-order valence-corrected chi connectivity index (χ2v) is 9.14. The SMILES string of the molecule is CC(C)c1ccc(N2C(=O)C(O)=C(C(=O)c3cc4cc(Br)ccc4o3)C2c2ccco2)cc1. The maximum Gasteiger partial charge on any atom is 0.294 e. The largest absolute Gasteiger partial charge is 0.503 e. The van der Waals surface area contributed by atoms with E-state index >= 15 is 0 Å². The molecule has 0 bridgehead atoms. The van der Waals surface area contributed by atoms with Gasteiger partial charge >= 0.3 is 0 Å². The van der Waals surface area contributed by atoms with Crippen LogP contribution < -0.4 is 4.90 Å². The van der Waals surface area contributed by atoms with Crippen LogP contribution in [0, 0.1) is 0 Å². The molecule has 33 heavy (non-hydrogen) atoms. The highest BCUT2D eigenvalue weighted by Gasteiger charge is 2.46. The fourth-order valence-electron chi connectivity index (χ4n) is 4.10. The number of fused-ring (bicyclic) bond motifs is 1. The number of amides is 1. The lowest BCUT2D eigenvalue weighted by Gasteiger charge is -2.25. The lowest BCUT2D eigenvalue weighted by atomic mass is 9.98. The van der Waals surface area contributed by atoms with E-state index in [9.17, 15) is 14.7 Å². The van der Waals surface area contributed by atoms with E-state index in [1.807, 2.05) is 36.4 Å². The van der Waals surface area contributed by atoms with Gasteiger partial charge in [-0.3, -0.25) is 14.5 Å². The molecule has 1 atom stereocenters. The Balaban J connectivity index is 1.60. The highest BCUT2D eigenvalue weighted by Crippen LogP contribution is 2.42. The highest BCUT2D eigenvalue weighted by atomic mass is 79.9. The van der Waals surface area contributed by atoms with E-state index in [1.165, 1.54) is 11.2 Å². The fourth-order valence-corrected chi connectivity index (χ4v) is 4.48. The summed E-state index contributed by atoms with van der Waals surface area (Å²) in [6.07, 6.45) is 1.47. The van der Waals surface area contributed by atoms with Gasteiger partial charge in [-0.2, -0.15) is 0 Å². The van der Waals surface area contributed by atoms with Crippen molar-refractivity contribution >= 4 is 44.3 Å². The number of aliphatic hydroxyl groups excluding tert-OH is 1. The Morgan fingerprint density at radius 1 is 1.09 bits per heavy atom. The van der Waals surface area contributed by atoms with Crippen molar-refractivity contribution in [2.75, 3.05) is 4.90 Å². The van der Waals surface area contributed by atoms with Crippen LogP contribution in [-0.4, -0.2) is 16.8 Å². The summed E-state index contributed by atoms with van der Waals surface area (Å²) >= 11 is 3.41. The first-order valence-electron chi connectivity index (χ1n) is 10.5. The molecule has 0 saturated carbocycles. The molecule has 0 spiro atoms. The summed E-state index contributed by atoms with van der Waals surface area (Å²) in [7, 11) is 0. The molecule has 2 aromatic heterocycles. The topological polar surface area (TPSA) is 83.9 Å². The van der Waals surface area contributed by atoms with E-state index in [0.29, 0.717) is 22.9 Å². The molecule has 3 heterocycles. The summed E-state index contributed by atoms with van der Waals surface area (Å²) in [5, 5.41) is 11.6. The number of furan rings is 2. The molecule has 4 aromatic rings. The molecule has 1 amide bonds. The van der Waals surface area contributed by atoms with Crippen LogP contribution in [0.5, 0.6) is 0 Å². The van der Waals surface area contributed by atoms with Crippen LogP contribution in [0.25, 0.3) is 11.0 Å². The van der Waals surface area contributed by atoms with Crippen molar-refractivity contribution in [2.45, 2.75) is 25.8 Å². The second kappa shape index (κ2) is 8.08. The molecule has 0 radical (unpaired) electrons. The number of ketones is 1. The fraction of sp³-hybridized carbons (Fsp3) is 0.154. The molecule has 5 rings (SSSR count). The predicted molar refractivity (Wildman–Crippen MR) is 127 cm³/mol. The normalized spacial score (nSPS) is 16.4. The van der Waals surface area contributed by atoms with Gasteiger partial charge in [-0.05, 0) is 60.0 Å². The monoisotopic (exact) mass is 505 g/mol. The van der Waals surface area contributed by atoms with Crippen LogP contribution in [0.15, 0.2) is 91.6 Å². The standard InChI is InChI=1S/C26H20BrNO5/c1-14(2)15-5-8-18(9-6-15)28-23(20-4-3-11-32-20)22(25(30)26(28)31)24(29)21-13-16-12-17(27)7-10-19(16)33-21/h3-14,23,30H,1-2H3. The molecular formula is C26H20BrNO5. The average Bonchev–Trinajstić information content (AvgIpc) is 3.52. The van der Waals surface area contributed by atoms with Gasteiger partial charge in [0.15, 0.2) is 11.5 Å². The highest BCUT2D eigenvalue weighted by molar-refractivity contribution is 9.10. The van der Waals surface area contributed by atoms with Crippen molar-refractivity contribution in [3.8, 4) is 0 Å². The number of hydrogen-bond donors (Lipinski definition) is 1. The van der Waals surface area contributed by atoms with Gasteiger partial charge in [-0.15, -0.1) is 0 Å². The Kier molecular flexibility index (Phi) is 5.21. The third-order valence-electron chi connectivity index (χ3n) is 5.81. The Labute approximate surface area is 198 Å². The zero-order valence-electron chi connectivity index (χ0n) is 17.9. The van der Waals surface area contributed by atoms with Crippen molar-refractivity contribution in [1.29, 1.82) is 0 Å². The number of Topliss-reactive ketones (excluding diaryl/α,β-unsaturated/α-hetero) is 1. The first-order chi connectivity index (χ1) is 15.8. The van der Waals surface area contributed by atoms with Gasteiger partial charge in [0.25, 0.3) is 5.91 Å². The molecule has 1 aliphatic heterocycles. The third kappa shape index (κ3) is 3.58. The summed E-state index contributed by atoms with van der Waals surface area (Å²) in [6, 6.07) is 16.9. The number of carbonyl (C=O) groups is 2. The Morgan fingerprint density at radius 3 is 2.52 bits per heavy atom. The number of aliphatic hydroxyl groups is 1. The van der Waals surface area contributed by atoms with Gasteiger partial charge in [-0.1, -0.05) is 41.9 Å². The van der Waals surface area contributed by atoms with Gasteiger partial charge in [-0.25, -0.2) is 0 Å². The lowest BCUT2D eigenvalue weighted by Crippen LogP contribution is -2.30. The number of nitrogens with zero attached hydrogens (tertiary/aromatic N) is 1. The predicted octanol–water partition coefficient (Wildman–Crippen LogP) is 6.69. The van der Waals surface area contributed by atoms with E-state index < -0.39 is 23.5 Å². The summed E-state index contributed by atoms with van der Waals surface area (Å²) in [6.45, 7) is 4.16.